The molecule has 2 rings (SSSR count). The Morgan fingerprint density at radius 1 is 1.38 bits per heavy atom. The lowest BCUT2D eigenvalue weighted by atomic mass is 10.1. The van der Waals surface area contributed by atoms with Crippen LogP contribution in [0.25, 0.3) is 0 Å². The molecule has 0 aliphatic heterocycles. The fourth-order valence-electron chi connectivity index (χ4n) is 1.77. The Balaban J connectivity index is 2.35. The first-order valence-corrected chi connectivity index (χ1v) is 4.94. The van der Waals surface area contributed by atoms with Crippen LogP contribution in [-0.4, -0.2) is 13.2 Å². The highest BCUT2D eigenvalue weighted by atomic mass is 19.4. The molecule has 0 amide bonds. The molecule has 0 heterocycles. The van der Waals surface area contributed by atoms with Crippen LogP contribution in [0.3, 0.4) is 0 Å². The van der Waals surface area contributed by atoms with Gasteiger partial charge in [0.05, 0.1) is 12.7 Å². The lowest BCUT2D eigenvalue weighted by Gasteiger charge is -2.13. The normalized spacial score (nSPS) is 24.3. The molecular formula is C11H12F3NO. The topological polar surface area (TPSA) is 35.2 Å². The summed E-state index contributed by atoms with van der Waals surface area (Å²) >= 11 is 0. The van der Waals surface area contributed by atoms with Crippen molar-refractivity contribution in [1.29, 1.82) is 0 Å². The minimum atomic E-state index is -4.38. The van der Waals surface area contributed by atoms with E-state index in [4.69, 9.17) is 10.5 Å². The Morgan fingerprint density at radius 2 is 2.00 bits per heavy atom. The third-order valence-electron chi connectivity index (χ3n) is 2.80. The Hall–Kier alpha value is -1.23. The van der Waals surface area contributed by atoms with Gasteiger partial charge in [-0.25, -0.2) is 0 Å². The van der Waals surface area contributed by atoms with Gasteiger partial charge in [0.25, 0.3) is 0 Å². The molecule has 0 bridgehead atoms. The second-order valence-corrected chi connectivity index (χ2v) is 3.96. The van der Waals surface area contributed by atoms with E-state index in [1.807, 2.05) is 0 Å². The molecule has 88 valence electrons. The highest BCUT2D eigenvalue weighted by Crippen LogP contribution is 2.43. The van der Waals surface area contributed by atoms with Gasteiger partial charge in [0.2, 0.25) is 0 Å². The second kappa shape index (κ2) is 3.66. The first kappa shape index (κ1) is 11.3. The number of benzene rings is 1. The minimum Gasteiger partial charge on any atom is -0.496 e. The summed E-state index contributed by atoms with van der Waals surface area (Å²) in [5, 5.41) is 0. The third-order valence-corrected chi connectivity index (χ3v) is 2.80. The number of hydrogen-bond donors (Lipinski definition) is 1. The van der Waals surface area contributed by atoms with Gasteiger partial charge in [-0.3, -0.25) is 0 Å². The van der Waals surface area contributed by atoms with Gasteiger partial charge in [-0.15, -0.1) is 0 Å². The first-order chi connectivity index (χ1) is 7.43. The van der Waals surface area contributed by atoms with Crippen LogP contribution < -0.4 is 10.5 Å². The van der Waals surface area contributed by atoms with Crippen LogP contribution in [0.5, 0.6) is 5.75 Å². The molecule has 2 nitrogen and oxygen atoms in total. The van der Waals surface area contributed by atoms with Crippen LogP contribution in [-0.2, 0) is 6.18 Å². The van der Waals surface area contributed by atoms with E-state index >= 15 is 0 Å². The van der Waals surface area contributed by atoms with Crippen molar-refractivity contribution in [1.82, 2.24) is 0 Å². The number of nitrogens with two attached hydrogens (primary N) is 1. The summed E-state index contributed by atoms with van der Waals surface area (Å²) in [6.07, 6.45) is -3.55. The summed E-state index contributed by atoms with van der Waals surface area (Å²) in [5.41, 5.74) is 5.73. The quantitative estimate of drug-likeness (QED) is 0.848. The number of ether oxygens (including phenoxy) is 1. The number of alkyl halides is 3. The zero-order valence-electron chi connectivity index (χ0n) is 8.71. The summed E-state index contributed by atoms with van der Waals surface area (Å²) < 4.78 is 42.4. The minimum absolute atomic E-state index is 0.0708. The van der Waals surface area contributed by atoms with Gasteiger partial charge >= 0.3 is 6.18 Å². The molecule has 0 spiro atoms. The third kappa shape index (κ3) is 2.00. The molecule has 1 aliphatic carbocycles. The second-order valence-electron chi connectivity index (χ2n) is 3.96. The summed E-state index contributed by atoms with van der Waals surface area (Å²) in [6.45, 7) is 0. The Labute approximate surface area is 91.2 Å². The maximum atomic E-state index is 12.6. The molecule has 1 saturated carbocycles. The molecule has 1 aromatic rings. The zero-order valence-corrected chi connectivity index (χ0v) is 8.71. The largest absolute Gasteiger partial charge is 0.496 e. The van der Waals surface area contributed by atoms with Crippen LogP contribution in [0.2, 0.25) is 0 Å². The van der Waals surface area contributed by atoms with Gasteiger partial charge < -0.3 is 10.5 Å². The standard InChI is InChI=1S/C11H12F3NO/c1-16-10-4-6(7-5-9(7)15)2-3-8(10)11(12,13)14/h2-4,7,9H,5,15H2,1H3/t7-,9+/m0/s1. The first-order valence-electron chi connectivity index (χ1n) is 4.94. The zero-order chi connectivity index (χ0) is 11.9. The van der Waals surface area contributed by atoms with Gasteiger partial charge in [0, 0.05) is 12.0 Å². The molecule has 2 N–H and O–H groups in total. The number of hydrogen-bond acceptors (Lipinski definition) is 2. The predicted molar refractivity (Wildman–Crippen MR) is 53.3 cm³/mol. The maximum Gasteiger partial charge on any atom is 0.419 e. The van der Waals surface area contributed by atoms with Crippen LogP contribution in [0.1, 0.15) is 23.5 Å². The van der Waals surface area contributed by atoms with Crippen molar-refractivity contribution >= 4 is 0 Å². The highest BCUT2D eigenvalue weighted by molar-refractivity contribution is 5.42. The fraction of sp³-hybridized carbons (Fsp3) is 0.455. The number of rotatable bonds is 2. The molecule has 16 heavy (non-hydrogen) atoms. The van der Waals surface area contributed by atoms with Crippen molar-refractivity contribution in [2.24, 2.45) is 5.73 Å². The fourth-order valence-corrected chi connectivity index (χ4v) is 1.77. The lowest BCUT2D eigenvalue weighted by molar-refractivity contribution is -0.138. The molecule has 1 aromatic carbocycles. The Morgan fingerprint density at radius 3 is 2.44 bits per heavy atom. The van der Waals surface area contributed by atoms with E-state index in [0.717, 1.165) is 18.1 Å². The molecular weight excluding hydrogens is 219 g/mol. The van der Waals surface area contributed by atoms with E-state index in [2.05, 4.69) is 0 Å². The van der Waals surface area contributed by atoms with Gasteiger partial charge in [0.15, 0.2) is 0 Å². The van der Waals surface area contributed by atoms with Crippen LogP contribution >= 0.6 is 0 Å². The molecule has 1 aliphatic rings. The molecule has 5 heteroatoms. The van der Waals surface area contributed by atoms with Crippen molar-refractivity contribution in [2.45, 2.75) is 24.6 Å². The average Bonchev–Trinajstić information content (AvgIpc) is 2.93. The Bertz CT molecular complexity index is 403. The summed E-state index contributed by atoms with van der Waals surface area (Å²) in [7, 11) is 1.24. The SMILES string of the molecule is COc1cc([C@@H]2C[C@H]2N)ccc1C(F)(F)F. The van der Waals surface area contributed by atoms with Crippen LogP contribution in [0.15, 0.2) is 18.2 Å². The molecule has 1 fully saturated rings. The maximum absolute atomic E-state index is 12.6. The Kier molecular flexibility index (Phi) is 2.58. The summed E-state index contributed by atoms with van der Waals surface area (Å²) in [5.74, 6) is 0.0419. The van der Waals surface area contributed by atoms with Gasteiger partial charge in [-0.2, -0.15) is 13.2 Å². The number of halogens is 3. The van der Waals surface area contributed by atoms with E-state index in [-0.39, 0.29) is 17.7 Å². The monoisotopic (exact) mass is 231 g/mol. The molecule has 0 radical (unpaired) electrons. The van der Waals surface area contributed by atoms with E-state index in [9.17, 15) is 13.2 Å². The molecule has 2 atom stereocenters. The molecule has 0 unspecified atom stereocenters. The highest BCUT2D eigenvalue weighted by Gasteiger charge is 2.38. The van der Waals surface area contributed by atoms with Crippen LogP contribution in [0.4, 0.5) is 13.2 Å². The van der Waals surface area contributed by atoms with E-state index in [1.165, 1.54) is 19.2 Å². The van der Waals surface area contributed by atoms with E-state index < -0.39 is 11.7 Å². The van der Waals surface area contributed by atoms with Crippen molar-refractivity contribution in [2.75, 3.05) is 7.11 Å². The van der Waals surface area contributed by atoms with Crippen molar-refractivity contribution in [3.05, 3.63) is 29.3 Å². The average molecular weight is 231 g/mol. The molecule has 0 saturated heterocycles. The molecule has 0 aromatic heterocycles. The van der Waals surface area contributed by atoms with Crippen molar-refractivity contribution in [3.8, 4) is 5.75 Å². The number of methoxy groups -OCH3 is 1. The van der Waals surface area contributed by atoms with Gasteiger partial charge in [0.1, 0.15) is 5.75 Å². The van der Waals surface area contributed by atoms with Crippen molar-refractivity contribution < 1.29 is 17.9 Å². The van der Waals surface area contributed by atoms with Crippen molar-refractivity contribution in [3.63, 3.8) is 0 Å². The summed E-state index contributed by atoms with van der Waals surface area (Å²) in [4.78, 5) is 0. The predicted octanol–water partition coefficient (Wildman–Crippen LogP) is 2.53. The van der Waals surface area contributed by atoms with Gasteiger partial charge in [-0.05, 0) is 24.1 Å². The van der Waals surface area contributed by atoms with E-state index in [1.54, 1.807) is 0 Å². The van der Waals surface area contributed by atoms with E-state index in [0.29, 0.717) is 0 Å². The lowest BCUT2D eigenvalue weighted by Crippen LogP contribution is -2.08. The summed E-state index contributed by atoms with van der Waals surface area (Å²) in [6, 6.07) is 4.03. The smallest absolute Gasteiger partial charge is 0.419 e. The van der Waals surface area contributed by atoms with Crippen LogP contribution in [0, 0.1) is 0 Å². The van der Waals surface area contributed by atoms with Gasteiger partial charge in [-0.1, -0.05) is 6.07 Å².